The lowest BCUT2D eigenvalue weighted by atomic mass is 10.0. The van der Waals surface area contributed by atoms with Crippen LogP contribution < -0.4 is 10.6 Å². The summed E-state index contributed by atoms with van der Waals surface area (Å²) in [6.45, 7) is 3.41. The molecule has 0 aliphatic heterocycles. The van der Waals surface area contributed by atoms with Gasteiger partial charge in [-0.1, -0.05) is 13.8 Å². The van der Waals surface area contributed by atoms with Gasteiger partial charge in [-0.15, -0.1) is 0 Å². The van der Waals surface area contributed by atoms with Crippen LogP contribution in [0.3, 0.4) is 0 Å². The van der Waals surface area contributed by atoms with E-state index < -0.39 is 23.9 Å². The first-order valence-corrected chi connectivity index (χ1v) is 7.00. The summed E-state index contributed by atoms with van der Waals surface area (Å²) in [5, 5.41) is 13.8. The van der Waals surface area contributed by atoms with E-state index >= 15 is 0 Å². The predicted molar refractivity (Wildman–Crippen MR) is 81.8 cm³/mol. The lowest BCUT2D eigenvalue weighted by Crippen LogP contribution is -2.42. The Morgan fingerprint density at radius 1 is 1.21 bits per heavy atom. The van der Waals surface area contributed by atoms with E-state index in [4.69, 9.17) is 5.26 Å². The van der Waals surface area contributed by atoms with Gasteiger partial charge in [-0.3, -0.25) is 9.59 Å². The second-order valence-corrected chi connectivity index (χ2v) is 5.26. The molecule has 1 amide bonds. The maximum Gasteiger partial charge on any atom is 0.454 e. The van der Waals surface area contributed by atoms with Crippen LogP contribution in [0.2, 0.25) is 0 Å². The molecule has 1 aromatic carbocycles. The molecule has 5 nitrogen and oxygen atoms in total. The Kier molecular flexibility index (Phi) is 6.53. The van der Waals surface area contributed by atoms with E-state index in [0.29, 0.717) is 17.3 Å². The maximum atomic E-state index is 12.2. The minimum atomic E-state index is -4.95. The number of hydrogen-bond donors (Lipinski definition) is 2. The van der Waals surface area contributed by atoms with Crippen molar-refractivity contribution >= 4 is 17.4 Å². The summed E-state index contributed by atoms with van der Waals surface area (Å²) in [4.78, 5) is 23.0. The molecule has 0 spiro atoms. The lowest BCUT2D eigenvalue weighted by molar-refractivity contribution is -0.165. The minimum absolute atomic E-state index is 0.242. The van der Waals surface area contributed by atoms with Crippen LogP contribution in [0, 0.1) is 17.2 Å². The molecule has 24 heavy (non-hydrogen) atoms. The van der Waals surface area contributed by atoms with Crippen LogP contribution in [0.15, 0.2) is 36.5 Å². The number of anilines is 1. The highest BCUT2D eigenvalue weighted by Gasteiger charge is 2.36. The van der Waals surface area contributed by atoms with Gasteiger partial charge in [0.15, 0.2) is 0 Å². The Balaban J connectivity index is 2.73. The Morgan fingerprint density at radius 2 is 1.79 bits per heavy atom. The van der Waals surface area contributed by atoms with Gasteiger partial charge in [-0.25, -0.2) is 0 Å². The van der Waals surface area contributed by atoms with Crippen molar-refractivity contribution in [3.05, 3.63) is 42.1 Å². The smallest absolute Gasteiger partial charge is 0.379 e. The molecule has 1 aromatic rings. The Morgan fingerprint density at radius 3 is 2.25 bits per heavy atom. The Bertz CT molecular complexity index is 659. The number of rotatable bonds is 6. The molecule has 0 fully saturated rings. The van der Waals surface area contributed by atoms with Crippen molar-refractivity contribution in [1.29, 1.82) is 5.26 Å². The van der Waals surface area contributed by atoms with Crippen LogP contribution in [0.25, 0.3) is 0 Å². The van der Waals surface area contributed by atoms with Gasteiger partial charge in [-0.2, -0.15) is 18.4 Å². The SMILES string of the molecule is CC(C)C(N/C=C/C(=O)C(F)(F)F)C(=O)Nc1ccc(C#N)cc1. The molecule has 0 saturated heterocycles. The van der Waals surface area contributed by atoms with Gasteiger partial charge >= 0.3 is 6.18 Å². The molecule has 0 saturated carbocycles. The average Bonchev–Trinajstić information content (AvgIpc) is 2.50. The largest absolute Gasteiger partial charge is 0.454 e. The van der Waals surface area contributed by atoms with Crippen molar-refractivity contribution < 1.29 is 22.8 Å². The summed E-state index contributed by atoms with van der Waals surface area (Å²) in [6, 6.07) is 7.23. The third-order valence-electron chi connectivity index (χ3n) is 3.02. The molecule has 0 heterocycles. The zero-order valence-electron chi connectivity index (χ0n) is 13.0. The van der Waals surface area contributed by atoms with E-state index in [-0.39, 0.29) is 5.92 Å². The van der Waals surface area contributed by atoms with Crippen LogP contribution in [-0.2, 0) is 9.59 Å². The number of carbonyl (C=O) groups excluding carboxylic acids is 2. The predicted octanol–water partition coefficient (Wildman–Crippen LogP) is 2.76. The highest BCUT2D eigenvalue weighted by Crippen LogP contribution is 2.16. The number of alkyl halides is 3. The van der Waals surface area contributed by atoms with E-state index in [2.05, 4.69) is 10.6 Å². The van der Waals surface area contributed by atoms with Crippen molar-refractivity contribution in [2.75, 3.05) is 5.32 Å². The standard InChI is InChI=1S/C16H16F3N3O2/c1-10(2)14(21-8-7-13(23)16(17,18)19)15(24)22-12-5-3-11(9-20)4-6-12/h3-8,10,14,21H,1-2H3,(H,22,24)/b8-7+. The number of nitrogens with one attached hydrogen (secondary N) is 2. The molecule has 0 aliphatic carbocycles. The van der Waals surface area contributed by atoms with Gasteiger partial charge in [0.05, 0.1) is 11.6 Å². The summed E-state index contributed by atoms with van der Waals surface area (Å²) >= 11 is 0. The first-order valence-electron chi connectivity index (χ1n) is 7.00. The van der Waals surface area contributed by atoms with Gasteiger partial charge in [0.25, 0.3) is 5.78 Å². The van der Waals surface area contributed by atoms with Crippen LogP contribution in [-0.4, -0.2) is 23.9 Å². The third kappa shape index (κ3) is 5.76. The lowest BCUT2D eigenvalue weighted by Gasteiger charge is -2.20. The third-order valence-corrected chi connectivity index (χ3v) is 3.02. The molecule has 128 valence electrons. The van der Waals surface area contributed by atoms with Crippen molar-refractivity contribution in [2.24, 2.45) is 5.92 Å². The molecule has 0 bridgehead atoms. The van der Waals surface area contributed by atoms with E-state index in [9.17, 15) is 22.8 Å². The quantitative estimate of drug-likeness (QED) is 0.781. The average molecular weight is 339 g/mol. The number of halogens is 3. The van der Waals surface area contributed by atoms with E-state index in [0.717, 1.165) is 6.20 Å². The molecule has 1 unspecified atom stereocenters. The number of nitrogens with zero attached hydrogens (tertiary/aromatic N) is 1. The van der Waals surface area contributed by atoms with Gasteiger partial charge < -0.3 is 10.6 Å². The summed E-state index contributed by atoms with van der Waals surface area (Å²) in [5.41, 5.74) is 0.877. The number of allylic oxidation sites excluding steroid dienone is 1. The number of ketones is 1. The molecule has 0 aromatic heterocycles. The van der Waals surface area contributed by atoms with Gasteiger partial charge in [0.2, 0.25) is 5.91 Å². The van der Waals surface area contributed by atoms with Crippen molar-refractivity contribution in [2.45, 2.75) is 26.1 Å². The van der Waals surface area contributed by atoms with Crippen LogP contribution in [0.4, 0.5) is 18.9 Å². The monoisotopic (exact) mass is 339 g/mol. The summed E-state index contributed by atoms with van der Waals surface area (Å²) in [7, 11) is 0. The van der Waals surface area contributed by atoms with Crippen molar-refractivity contribution in [3.8, 4) is 6.07 Å². The Hall–Kier alpha value is -2.82. The number of nitriles is 1. The van der Waals surface area contributed by atoms with Gasteiger partial charge in [0.1, 0.15) is 6.04 Å². The fraction of sp³-hybridized carbons (Fsp3) is 0.312. The summed E-state index contributed by atoms with van der Waals surface area (Å²) in [6.07, 6.45) is -3.79. The van der Waals surface area contributed by atoms with E-state index in [1.54, 1.807) is 13.8 Å². The van der Waals surface area contributed by atoms with E-state index in [1.165, 1.54) is 24.3 Å². The van der Waals surface area contributed by atoms with Crippen LogP contribution in [0.1, 0.15) is 19.4 Å². The second kappa shape index (κ2) is 8.15. The summed E-state index contributed by atoms with van der Waals surface area (Å²) < 4.78 is 36.3. The molecule has 1 rings (SSSR count). The fourth-order valence-electron chi connectivity index (χ4n) is 1.74. The number of amides is 1. The number of benzene rings is 1. The molecule has 0 radical (unpaired) electrons. The summed E-state index contributed by atoms with van der Waals surface area (Å²) in [5.74, 6) is -2.72. The molecule has 1 atom stereocenters. The first-order chi connectivity index (χ1) is 11.1. The molecule has 2 N–H and O–H groups in total. The van der Waals surface area contributed by atoms with Gasteiger partial charge in [0, 0.05) is 18.0 Å². The van der Waals surface area contributed by atoms with Crippen molar-refractivity contribution in [1.82, 2.24) is 5.32 Å². The number of carbonyl (C=O) groups is 2. The molecule has 0 aliphatic rings. The topological polar surface area (TPSA) is 82.0 Å². The normalized spacial score (nSPS) is 12.7. The van der Waals surface area contributed by atoms with Gasteiger partial charge in [-0.05, 0) is 30.2 Å². The minimum Gasteiger partial charge on any atom is -0.379 e. The Labute approximate surface area is 137 Å². The molecular weight excluding hydrogens is 323 g/mol. The second-order valence-electron chi connectivity index (χ2n) is 5.26. The molecular formula is C16H16F3N3O2. The fourth-order valence-corrected chi connectivity index (χ4v) is 1.74. The highest BCUT2D eigenvalue weighted by atomic mass is 19.4. The van der Waals surface area contributed by atoms with Crippen LogP contribution >= 0.6 is 0 Å². The highest BCUT2D eigenvalue weighted by molar-refractivity contribution is 5.96. The zero-order valence-corrected chi connectivity index (χ0v) is 13.0. The molecule has 8 heteroatoms. The van der Waals surface area contributed by atoms with Crippen molar-refractivity contribution in [3.63, 3.8) is 0 Å². The zero-order chi connectivity index (χ0) is 18.3. The van der Waals surface area contributed by atoms with E-state index in [1.807, 2.05) is 6.07 Å². The maximum absolute atomic E-state index is 12.2. The number of hydrogen-bond acceptors (Lipinski definition) is 4. The van der Waals surface area contributed by atoms with Crippen LogP contribution in [0.5, 0.6) is 0 Å². The first kappa shape index (κ1) is 19.2.